The molecule has 4 aromatic carbocycles. The smallest absolute Gasteiger partial charge is 0.335 e. The standard InChI is InChI=1S/C30H23ClN2O5/c1-2-37-27-16-9-20-5-3-4-6-24(20)25(27)17-26-28(34)32-30(36)33(29(26)35)22-12-14-23(15-13-22)38-18-19-7-10-21(31)11-8-19/h3-17H,2,18H2,1H3,(H,32,34,36)/b26-17+. The molecule has 5 rings (SSSR count). The summed E-state index contributed by atoms with van der Waals surface area (Å²) in [7, 11) is 0. The molecule has 7 nitrogen and oxygen atoms in total. The van der Waals surface area contributed by atoms with Crippen LogP contribution >= 0.6 is 11.6 Å². The molecule has 1 fully saturated rings. The number of nitrogens with zero attached hydrogens (tertiary/aromatic N) is 1. The minimum atomic E-state index is -0.824. The Kier molecular flexibility index (Phi) is 7.11. The molecule has 0 bridgehead atoms. The maximum atomic E-state index is 13.5. The fourth-order valence-corrected chi connectivity index (χ4v) is 4.31. The second kappa shape index (κ2) is 10.8. The maximum Gasteiger partial charge on any atom is 0.335 e. The highest BCUT2D eigenvalue weighted by molar-refractivity contribution is 6.39. The molecule has 38 heavy (non-hydrogen) atoms. The molecule has 0 spiro atoms. The molecule has 1 saturated heterocycles. The van der Waals surface area contributed by atoms with Crippen molar-refractivity contribution >= 4 is 52.0 Å². The quantitative estimate of drug-likeness (QED) is 0.231. The number of barbiturate groups is 1. The van der Waals surface area contributed by atoms with Gasteiger partial charge in [-0.1, -0.05) is 54.1 Å². The molecule has 0 saturated carbocycles. The SMILES string of the molecule is CCOc1ccc2ccccc2c1/C=C1\C(=O)NC(=O)N(c2ccc(OCc3ccc(Cl)cc3)cc2)C1=O. The van der Waals surface area contributed by atoms with Crippen LogP contribution < -0.4 is 19.7 Å². The number of ether oxygens (including phenoxy) is 2. The Morgan fingerprint density at radius 1 is 0.868 bits per heavy atom. The molecular formula is C30H23ClN2O5. The molecule has 1 N–H and O–H groups in total. The van der Waals surface area contributed by atoms with Crippen LogP contribution in [0.15, 0.2) is 90.5 Å². The molecule has 0 aromatic heterocycles. The number of anilines is 1. The summed E-state index contributed by atoms with van der Waals surface area (Å²) in [6, 6.07) is 24.3. The number of hydrogen-bond acceptors (Lipinski definition) is 5. The first-order valence-corrected chi connectivity index (χ1v) is 12.4. The molecular weight excluding hydrogens is 504 g/mol. The molecule has 0 radical (unpaired) electrons. The van der Waals surface area contributed by atoms with Crippen LogP contribution in [0.4, 0.5) is 10.5 Å². The van der Waals surface area contributed by atoms with Gasteiger partial charge in [0, 0.05) is 10.6 Å². The average molecular weight is 527 g/mol. The number of rotatable bonds is 7. The lowest BCUT2D eigenvalue weighted by molar-refractivity contribution is -0.122. The van der Waals surface area contributed by atoms with Crippen molar-refractivity contribution in [2.24, 2.45) is 0 Å². The second-order valence-electron chi connectivity index (χ2n) is 8.50. The third-order valence-corrected chi connectivity index (χ3v) is 6.29. The van der Waals surface area contributed by atoms with Crippen molar-refractivity contribution in [3.05, 3.63) is 107 Å². The fraction of sp³-hybridized carbons (Fsp3) is 0.100. The van der Waals surface area contributed by atoms with Crippen molar-refractivity contribution in [2.45, 2.75) is 13.5 Å². The first-order chi connectivity index (χ1) is 18.4. The van der Waals surface area contributed by atoms with E-state index in [2.05, 4.69) is 5.32 Å². The Hall–Kier alpha value is -4.62. The van der Waals surface area contributed by atoms with Crippen molar-refractivity contribution in [3.63, 3.8) is 0 Å². The molecule has 8 heteroatoms. The first-order valence-electron chi connectivity index (χ1n) is 12.0. The third kappa shape index (κ3) is 5.10. The van der Waals surface area contributed by atoms with Gasteiger partial charge in [-0.2, -0.15) is 0 Å². The van der Waals surface area contributed by atoms with Gasteiger partial charge in [0.2, 0.25) is 0 Å². The van der Waals surface area contributed by atoms with Gasteiger partial charge in [-0.25, -0.2) is 9.69 Å². The van der Waals surface area contributed by atoms with Crippen molar-refractivity contribution in [1.29, 1.82) is 0 Å². The van der Waals surface area contributed by atoms with Crippen molar-refractivity contribution < 1.29 is 23.9 Å². The van der Waals surface area contributed by atoms with Gasteiger partial charge < -0.3 is 9.47 Å². The highest BCUT2D eigenvalue weighted by atomic mass is 35.5. The van der Waals surface area contributed by atoms with Gasteiger partial charge in [0.1, 0.15) is 23.7 Å². The molecule has 1 aliphatic rings. The van der Waals surface area contributed by atoms with Crippen molar-refractivity contribution in [3.8, 4) is 11.5 Å². The lowest BCUT2D eigenvalue weighted by Gasteiger charge is -2.26. The van der Waals surface area contributed by atoms with E-state index < -0.39 is 17.8 Å². The van der Waals surface area contributed by atoms with Gasteiger partial charge in [0.15, 0.2) is 0 Å². The van der Waals surface area contributed by atoms with Gasteiger partial charge in [0.25, 0.3) is 11.8 Å². The zero-order chi connectivity index (χ0) is 26.6. The van der Waals surface area contributed by atoms with E-state index in [0.717, 1.165) is 21.2 Å². The number of amides is 4. The Morgan fingerprint density at radius 2 is 1.61 bits per heavy atom. The minimum absolute atomic E-state index is 0.176. The summed E-state index contributed by atoms with van der Waals surface area (Å²) in [5, 5.41) is 4.65. The summed E-state index contributed by atoms with van der Waals surface area (Å²) in [6.45, 7) is 2.59. The minimum Gasteiger partial charge on any atom is -0.493 e. The number of carbonyl (C=O) groups excluding carboxylic acids is 3. The van der Waals surface area contributed by atoms with E-state index in [-0.39, 0.29) is 5.57 Å². The number of nitrogens with one attached hydrogen (secondary N) is 1. The topological polar surface area (TPSA) is 84.9 Å². The van der Waals surface area contributed by atoms with Crippen molar-refractivity contribution in [1.82, 2.24) is 5.32 Å². The van der Waals surface area contributed by atoms with Gasteiger partial charge in [-0.05, 0) is 71.8 Å². The highest BCUT2D eigenvalue weighted by Gasteiger charge is 2.37. The van der Waals surface area contributed by atoms with Crippen LogP contribution in [0, 0.1) is 0 Å². The van der Waals surface area contributed by atoms with Gasteiger partial charge in [0.05, 0.1) is 12.3 Å². The van der Waals surface area contributed by atoms with E-state index in [1.54, 1.807) is 42.5 Å². The third-order valence-electron chi connectivity index (χ3n) is 6.03. The van der Waals surface area contributed by atoms with Crippen LogP contribution in [-0.2, 0) is 16.2 Å². The fourth-order valence-electron chi connectivity index (χ4n) is 4.18. The zero-order valence-corrected chi connectivity index (χ0v) is 21.2. The monoisotopic (exact) mass is 526 g/mol. The molecule has 4 aromatic rings. The Balaban J connectivity index is 1.43. The number of fused-ring (bicyclic) bond motifs is 1. The number of benzene rings is 4. The van der Waals surface area contributed by atoms with Crippen LogP contribution in [0.2, 0.25) is 5.02 Å². The van der Waals surface area contributed by atoms with E-state index >= 15 is 0 Å². The van der Waals surface area contributed by atoms with E-state index in [1.165, 1.54) is 6.08 Å². The van der Waals surface area contributed by atoms with E-state index in [1.807, 2.05) is 49.4 Å². The van der Waals surface area contributed by atoms with Crippen LogP contribution in [0.25, 0.3) is 16.8 Å². The predicted octanol–water partition coefficient (Wildman–Crippen LogP) is 6.14. The van der Waals surface area contributed by atoms with E-state index in [0.29, 0.717) is 41.0 Å². The number of urea groups is 1. The molecule has 0 atom stereocenters. The summed E-state index contributed by atoms with van der Waals surface area (Å²) >= 11 is 5.92. The van der Waals surface area contributed by atoms with E-state index in [4.69, 9.17) is 21.1 Å². The van der Waals surface area contributed by atoms with Crippen molar-refractivity contribution in [2.75, 3.05) is 11.5 Å². The number of halogens is 1. The summed E-state index contributed by atoms with van der Waals surface area (Å²) in [5.41, 5.74) is 1.65. The maximum absolute atomic E-state index is 13.5. The van der Waals surface area contributed by atoms with Crippen LogP contribution in [0.3, 0.4) is 0 Å². The summed E-state index contributed by atoms with van der Waals surface area (Å²) in [4.78, 5) is 39.9. The van der Waals surface area contributed by atoms with Gasteiger partial charge in [-0.3, -0.25) is 14.9 Å². The lowest BCUT2D eigenvalue weighted by atomic mass is 9.99. The molecule has 4 amide bonds. The largest absolute Gasteiger partial charge is 0.493 e. The normalized spacial score (nSPS) is 14.6. The number of imide groups is 2. The Morgan fingerprint density at radius 3 is 2.34 bits per heavy atom. The predicted molar refractivity (Wildman–Crippen MR) is 146 cm³/mol. The van der Waals surface area contributed by atoms with Gasteiger partial charge in [-0.15, -0.1) is 0 Å². The zero-order valence-electron chi connectivity index (χ0n) is 20.4. The molecule has 0 unspecified atom stereocenters. The average Bonchev–Trinajstić information content (AvgIpc) is 2.92. The van der Waals surface area contributed by atoms with E-state index in [9.17, 15) is 14.4 Å². The van der Waals surface area contributed by atoms with Crippen LogP contribution in [0.5, 0.6) is 11.5 Å². The number of carbonyl (C=O) groups is 3. The van der Waals surface area contributed by atoms with Gasteiger partial charge >= 0.3 is 6.03 Å². The Labute approximate surface area is 224 Å². The molecule has 190 valence electrons. The number of hydrogen-bond donors (Lipinski definition) is 1. The summed E-state index contributed by atoms with van der Waals surface area (Å²) < 4.78 is 11.6. The first kappa shape index (κ1) is 25.0. The highest BCUT2D eigenvalue weighted by Crippen LogP contribution is 2.32. The second-order valence-corrected chi connectivity index (χ2v) is 8.93. The van der Waals surface area contributed by atoms with Crippen LogP contribution in [-0.4, -0.2) is 24.5 Å². The summed E-state index contributed by atoms with van der Waals surface area (Å²) in [6.07, 6.45) is 1.48. The lowest BCUT2D eigenvalue weighted by Crippen LogP contribution is -2.54. The molecule has 1 aliphatic heterocycles. The van der Waals surface area contributed by atoms with Crippen LogP contribution in [0.1, 0.15) is 18.1 Å². The molecule has 0 aliphatic carbocycles. The molecule has 1 heterocycles. The summed E-state index contributed by atoms with van der Waals surface area (Å²) in [5.74, 6) is -0.416. The Bertz CT molecular complexity index is 1560.